The van der Waals surface area contributed by atoms with Gasteiger partial charge in [-0.05, 0) is 36.4 Å². The summed E-state index contributed by atoms with van der Waals surface area (Å²) in [7, 11) is -4.07. The maximum absolute atomic E-state index is 14.3. The lowest BCUT2D eigenvalue weighted by molar-refractivity contribution is 0.0729. The fourth-order valence-electron chi connectivity index (χ4n) is 3.19. The van der Waals surface area contributed by atoms with Crippen LogP contribution in [-0.4, -0.2) is 49.9 Å². The Kier molecular flexibility index (Phi) is 5.73. The minimum Gasteiger partial charge on any atom is -0.379 e. The average molecular weight is 472 g/mol. The number of nitrogens with one attached hydrogen (secondary N) is 2. The predicted octanol–water partition coefficient (Wildman–Crippen LogP) is 3.89. The number of hydrogen-bond donors (Lipinski definition) is 2. The normalized spacial score (nSPS) is 15.4. The molecule has 1 aromatic heterocycles. The van der Waals surface area contributed by atoms with E-state index in [0.717, 1.165) is 16.4 Å². The molecule has 4 rings (SSSR count). The number of hydrogen-bond acceptors (Lipinski definition) is 4. The summed E-state index contributed by atoms with van der Waals surface area (Å²) in [6.45, 7) is 0.734. The zero-order valence-corrected chi connectivity index (χ0v) is 17.7. The third-order valence-corrected chi connectivity index (χ3v) is 7.24. The molecule has 1 saturated heterocycles. The van der Waals surface area contributed by atoms with Crippen LogP contribution in [0.5, 0.6) is 0 Å². The van der Waals surface area contributed by atoms with Gasteiger partial charge < -0.3 is 15.0 Å². The summed E-state index contributed by atoms with van der Waals surface area (Å²) in [6, 6.07) is 8.32. The van der Waals surface area contributed by atoms with Crippen molar-refractivity contribution >= 4 is 55.7 Å². The minimum atomic E-state index is -4.07. The van der Waals surface area contributed by atoms with E-state index in [1.54, 1.807) is 18.2 Å². The van der Waals surface area contributed by atoms with Crippen LogP contribution in [0.25, 0.3) is 10.9 Å². The van der Waals surface area contributed by atoms with E-state index in [0.29, 0.717) is 15.9 Å². The van der Waals surface area contributed by atoms with Crippen molar-refractivity contribution in [3.05, 3.63) is 58.0 Å². The second-order valence-electron chi connectivity index (χ2n) is 6.62. The number of aromatic amines is 1. The Balaban J connectivity index is 1.63. The van der Waals surface area contributed by atoms with E-state index < -0.39 is 26.6 Å². The quantitative estimate of drug-likeness (QED) is 0.603. The fraction of sp³-hybridized carbons (Fsp3) is 0.211. The van der Waals surface area contributed by atoms with E-state index in [-0.39, 0.29) is 42.7 Å². The SMILES string of the molecule is O=C(Nc1ccc(F)c(S(=O)(=O)N2CCOCC2)c1)c1[nH]c2ccc(Cl)cc2c1Cl. The second-order valence-corrected chi connectivity index (χ2v) is 9.34. The minimum absolute atomic E-state index is 0.0795. The Hall–Kier alpha value is -2.17. The highest BCUT2D eigenvalue weighted by atomic mass is 35.5. The van der Waals surface area contributed by atoms with Crippen molar-refractivity contribution in [2.45, 2.75) is 4.90 Å². The van der Waals surface area contributed by atoms with E-state index in [1.165, 1.54) is 6.07 Å². The van der Waals surface area contributed by atoms with Gasteiger partial charge in [0, 0.05) is 34.7 Å². The molecule has 0 bridgehead atoms. The molecule has 0 spiro atoms. The number of H-pyrrole nitrogens is 1. The zero-order valence-electron chi connectivity index (χ0n) is 15.4. The molecule has 7 nitrogen and oxygen atoms in total. The lowest BCUT2D eigenvalue weighted by atomic mass is 10.2. The standard InChI is InChI=1S/C19H16Cl2FN3O4S/c20-11-1-4-15-13(9-11)17(21)18(24-15)19(26)23-12-2-3-14(22)16(10-12)30(27,28)25-5-7-29-8-6-25/h1-4,9-10,24H,5-8H2,(H,23,26). The molecule has 30 heavy (non-hydrogen) atoms. The number of halogens is 3. The number of fused-ring (bicyclic) bond motifs is 1. The van der Waals surface area contributed by atoms with Gasteiger partial charge in [0.25, 0.3) is 5.91 Å². The van der Waals surface area contributed by atoms with Gasteiger partial charge in [-0.3, -0.25) is 4.79 Å². The maximum atomic E-state index is 14.3. The molecule has 2 N–H and O–H groups in total. The first kappa shape index (κ1) is 21.1. The van der Waals surface area contributed by atoms with Gasteiger partial charge in [-0.2, -0.15) is 4.31 Å². The third-order valence-electron chi connectivity index (χ3n) is 4.70. The Morgan fingerprint density at radius 1 is 1.13 bits per heavy atom. The van der Waals surface area contributed by atoms with Crippen LogP contribution in [0.3, 0.4) is 0 Å². The van der Waals surface area contributed by atoms with E-state index in [4.69, 9.17) is 27.9 Å². The van der Waals surface area contributed by atoms with Gasteiger partial charge in [-0.1, -0.05) is 23.2 Å². The lowest BCUT2D eigenvalue weighted by Crippen LogP contribution is -2.40. The molecule has 1 aliphatic heterocycles. The van der Waals surface area contributed by atoms with Crippen LogP contribution >= 0.6 is 23.2 Å². The van der Waals surface area contributed by atoms with Gasteiger partial charge in [0.2, 0.25) is 10.0 Å². The smallest absolute Gasteiger partial charge is 0.273 e. The van der Waals surface area contributed by atoms with Gasteiger partial charge in [-0.25, -0.2) is 12.8 Å². The van der Waals surface area contributed by atoms with Crippen LogP contribution in [0.2, 0.25) is 10.0 Å². The number of rotatable bonds is 4. The number of carbonyl (C=O) groups is 1. The van der Waals surface area contributed by atoms with Gasteiger partial charge in [0.1, 0.15) is 16.4 Å². The van der Waals surface area contributed by atoms with Crippen molar-refractivity contribution < 1.29 is 22.3 Å². The van der Waals surface area contributed by atoms with Crippen molar-refractivity contribution in [1.82, 2.24) is 9.29 Å². The van der Waals surface area contributed by atoms with Crippen LogP contribution < -0.4 is 5.32 Å². The molecule has 0 unspecified atom stereocenters. The van der Waals surface area contributed by atoms with E-state index in [9.17, 15) is 17.6 Å². The molecule has 1 fully saturated rings. The summed E-state index contributed by atoms with van der Waals surface area (Å²) < 4.78 is 46.2. The lowest BCUT2D eigenvalue weighted by Gasteiger charge is -2.26. The summed E-state index contributed by atoms with van der Waals surface area (Å²) in [4.78, 5) is 15.1. The summed E-state index contributed by atoms with van der Waals surface area (Å²) in [5, 5.41) is 3.77. The molecule has 2 heterocycles. The van der Waals surface area contributed by atoms with E-state index >= 15 is 0 Å². The van der Waals surface area contributed by atoms with Crippen LogP contribution in [0.4, 0.5) is 10.1 Å². The Morgan fingerprint density at radius 2 is 1.87 bits per heavy atom. The molecule has 3 aromatic rings. The zero-order chi connectivity index (χ0) is 21.5. The number of anilines is 1. The molecule has 11 heteroatoms. The molecular weight excluding hydrogens is 456 g/mol. The number of morpholine rings is 1. The highest BCUT2D eigenvalue weighted by Crippen LogP contribution is 2.31. The van der Waals surface area contributed by atoms with Gasteiger partial charge >= 0.3 is 0 Å². The van der Waals surface area contributed by atoms with Gasteiger partial charge in [0.15, 0.2) is 0 Å². The predicted molar refractivity (Wildman–Crippen MR) is 112 cm³/mol. The molecule has 1 aliphatic rings. The molecular formula is C19H16Cl2FN3O4S. The number of sulfonamides is 1. The topological polar surface area (TPSA) is 91.5 Å². The fourth-order valence-corrected chi connectivity index (χ4v) is 5.15. The molecule has 2 aromatic carbocycles. The third kappa shape index (κ3) is 3.91. The van der Waals surface area contributed by atoms with E-state index in [1.807, 2.05) is 0 Å². The maximum Gasteiger partial charge on any atom is 0.273 e. The van der Waals surface area contributed by atoms with Gasteiger partial charge in [-0.15, -0.1) is 0 Å². The van der Waals surface area contributed by atoms with Crippen LogP contribution in [0.1, 0.15) is 10.5 Å². The summed E-state index contributed by atoms with van der Waals surface area (Å²) in [6.07, 6.45) is 0. The first-order chi connectivity index (χ1) is 14.3. The Labute approximate surface area is 181 Å². The second kappa shape index (κ2) is 8.16. The molecule has 1 amide bonds. The first-order valence-electron chi connectivity index (χ1n) is 8.93. The summed E-state index contributed by atoms with van der Waals surface area (Å²) in [5.41, 5.74) is 0.807. The van der Waals surface area contributed by atoms with Crippen molar-refractivity contribution in [3.8, 4) is 0 Å². The number of carbonyl (C=O) groups excluding carboxylic acids is 1. The first-order valence-corrected chi connectivity index (χ1v) is 11.1. The summed E-state index contributed by atoms with van der Waals surface area (Å²) in [5.74, 6) is -1.51. The monoisotopic (exact) mass is 471 g/mol. The number of amides is 1. The highest BCUT2D eigenvalue weighted by Gasteiger charge is 2.29. The molecule has 0 saturated carbocycles. The average Bonchev–Trinajstić information content (AvgIpc) is 3.06. The number of benzene rings is 2. The van der Waals surface area contributed by atoms with Crippen LogP contribution in [0, 0.1) is 5.82 Å². The van der Waals surface area contributed by atoms with Crippen molar-refractivity contribution in [2.75, 3.05) is 31.6 Å². The Bertz CT molecular complexity index is 1240. The van der Waals surface area contributed by atoms with Crippen LogP contribution in [0.15, 0.2) is 41.3 Å². The van der Waals surface area contributed by atoms with Gasteiger partial charge in [0.05, 0.1) is 18.2 Å². The molecule has 0 radical (unpaired) electrons. The molecule has 158 valence electrons. The molecule has 0 atom stereocenters. The highest BCUT2D eigenvalue weighted by molar-refractivity contribution is 7.89. The summed E-state index contributed by atoms with van der Waals surface area (Å²) >= 11 is 12.3. The molecule has 0 aliphatic carbocycles. The van der Waals surface area contributed by atoms with Crippen LogP contribution in [-0.2, 0) is 14.8 Å². The number of nitrogens with zero attached hydrogens (tertiary/aromatic N) is 1. The Morgan fingerprint density at radius 3 is 2.60 bits per heavy atom. The van der Waals surface area contributed by atoms with E-state index in [2.05, 4.69) is 10.3 Å². The largest absolute Gasteiger partial charge is 0.379 e. The number of aromatic nitrogens is 1. The van der Waals surface area contributed by atoms with Crippen molar-refractivity contribution in [3.63, 3.8) is 0 Å². The van der Waals surface area contributed by atoms with Crippen molar-refractivity contribution in [2.24, 2.45) is 0 Å². The van der Waals surface area contributed by atoms with Crippen molar-refractivity contribution in [1.29, 1.82) is 0 Å². The number of ether oxygens (including phenoxy) is 1.